The average Bonchev–Trinajstić information content (AvgIpc) is 2.34. The topological polar surface area (TPSA) is 77.5 Å². The SMILES string of the molecule is O=C([O-])CN1C(=O)CC1S(=O)Cc1ccccc1. The van der Waals surface area contributed by atoms with Crippen LogP contribution in [0.1, 0.15) is 12.0 Å². The molecule has 2 unspecified atom stereocenters. The lowest BCUT2D eigenvalue weighted by molar-refractivity contribution is -0.306. The van der Waals surface area contributed by atoms with Gasteiger partial charge in [-0.3, -0.25) is 9.00 Å². The highest BCUT2D eigenvalue weighted by Gasteiger charge is 2.39. The van der Waals surface area contributed by atoms with Crippen molar-refractivity contribution in [2.45, 2.75) is 17.5 Å². The van der Waals surface area contributed by atoms with Gasteiger partial charge in [-0.05, 0) is 5.56 Å². The molecule has 1 heterocycles. The second-order valence-corrected chi connectivity index (χ2v) is 5.66. The van der Waals surface area contributed by atoms with Crippen molar-refractivity contribution in [2.24, 2.45) is 0 Å². The van der Waals surface area contributed by atoms with E-state index in [-0.39, 0.29) is 12.3 Å². The maximum atomic E-state index is 12.0. The second-order valence-electron chi connectivity index (χ2n) is 4.06. The monoisotopic (exact) mass is 266 g/mol. The van der Waals surface area contributed by atoms with Gasteiger partial charge in [0.1, 0.15) is 5.37 Å². The molecule has 0 spiro atoms. The van der Waals surface area contributed by atoms with Gasteiger partial charge in [-0.2, -0.15) is 0 Å². The van der Waals surface area contributed by atoms with Crippen molar-refractivity contribution >= 4 is 22.7 Å². The Morgan fingerprint density at radius 2 is 2.06 bits per heavy atom. The van der Waals surface area contributed by atoms with E-state index in [9.17, 15) is 18.9 Å². The van der Waals surface area contributed by atoms with Crippen LogP contribution in [0.25, 0.3) is 0 Å². The predicted octanol–water partition coefficient (Wildman–Crippen LogP) is -0.756. The van der Waals surface area contributed by atoms with E-state index in [1.165, 1.54) is 0 Å². The minimum Gasteiger partial charge on any atom is -0.548 e. The van der Waals surface area contributed by atoms with Crippen molar-refractivity contribution in [3.8, 4) is 0 Å². The first-order chi connectivity index (χ1) is 8.58. The van der Waals surface area contributed by atoms with E-state index >= 15 is 0 Å². The van der Waals surface area contributed by atoms with Crippen LogP contribution in [0.5, 0.6) is 0 Å². The number of hydrogen-bond acceptors (Lipinski definition) is 4. The lowest BCUT2D eigenvalue weighted by Crippen LogP contribution is -2.58. The van der Waals surface area contributed by atoms with E-state index in [4.69, 9.17) is 0 Å². The summed E-state index contributed by atoms with van der Waals surface area (Å²) in [6.45, 7) is -0.482. The molecule has 0 aliphatic carbocycles. The van der Waals surface area contributed by atoms with E-state index in [1.54, 1.807) is 0 Å². The normalized spacial score (nSPS) is 20.3. The molecule has 2 rings (SSSR count). The number of nitrogens with zero attached hydrogens (tertiary/aromatic N) is 1. The zero-order chi connectivity index (χ0) is 13.1. The molecule has 1 aliphatic rings. The summed E-state index contributed by atoms with van der Waals surface area (Å²) < 4.78 is 12.0. The first kappa shape index (κ1) is 12.8. The van der Waals surface area contributed by atoms with Crippen molar-refractivity contribution in [2.75, 3.05) is 6.54 Å². The zero-order valence-electron chi connectivity index (χ0n) is 9.57. The Morgan fingerprint density at radius 1 is 1.39 bits per heavy atom. The summed E-state index contributed by atoms with van der Waals surface area (Å²) in [6, 6.07) is 9.25. The molecule has 5 nitrogen and oxygen atoms in total. The molecule has 0 aromatic heterocycles. The largest absolute Gasteiger partial charge is 0.548 e. The van der Waals surface area contributed by atoms with Crippen LogP contribution >= 0.6 is 0 Å². The molecule has 96 valence electrons. The van der Waals surface area contributed by atoms with E-state index in [1.807, 2.05) is 30.3 Å². The third-order valence-corrected chi connectivity index (χ3v) is 4.42. The van der Waals surface area contributed by atoms with Crippen LogP contribution in [-0.4, -0.2) is 32.9 Å². The van der Waals surface area contributed by atoms with Gasteiger partial charge >= 0.3 is 0 Å². The van der Waals surface area contributed by atoms with Gasteiger partial charge in [0.25, 0.3) is 0 Å². The van der Waals surface area contributed by atoms with Gasteiger partial charge in [-0.25, -0.2) is 0 Å². The number of hydrogen-bond donors (Lipinski definition) is 0. The lowest BCUT2D eigenvalue weighted by atomic mass is 10.2. The molecule has 1 saturated heterocycles. The number of carbonyl (C=O) groups excluding carboxylic acids is 2. The fourth-order valence-corrected chi connectivity index (χ4v) is 3.34. The summed E-state index contributed by atoms with van der Waals surface area (Å²) in [5, 5.41) is 9.97. The molecule has 0 saturated carbocycles. The van der Waals surface area contributed by atoms with Gasteiger partial charge in [0.15, 0.2) is 0 Å². The van der Waals surface area contributed by atoms with Crippen LogP contribution in [0.15, 0.2) is 30.3 Å². The first-order valence-electron chi connectivity index (χ1n) is 5.48. The Balaban J connectivity index is 1.98. The van der Waals surface area contributed by atoms with Crippen LogP contribution in [0.3, 0.4) is 0 Å². The molecule has 6 heteroatoms. The number of amides is 1. The van der Waals surface area contributed by atoms with Gasteiger partial charge in [0.2, 0.25) is 5.91 Å². The van der Waals surface area contributed by atoms with Crippen molar-refractivity contribution in [3.63, 3.8) is 0 Å². The van der Waals surface area contributed by atoms with Crippen LogP contribution in [0.2, 0.25) is 0 Å². The number of rotatable bonds is 5. The number of carboxylic acids is 1. The predicted molar refractivity (Wildman–Crippen MR) is 63.4 cm³/mol. The molecule has 1 aliphatic heterocycles. The second kappa shape index (κ2) is 5.30. The highest BCUT2D eigenvalue weighted by Crippen LogP contribution is 2.23. The Bertz CT molecular complexity index is 488. The Morgan fingerprint density at radius 3 is 2.61 bits per heavy atom. The minimum atomic E-state index is -1.33. The molecule has 0 bridgehead atoms. The van der Waals surface area contributed by atoms with Crippen molar-refractivity contribution < 1.29 is 18.9 Å². The molecule has 0 N–H and O–H groups in total. The fraction of sp³-hybridized carbons (Fsp3) is 0.333. The molecule has 18 heavy (non-hydrogen) atoms. The number of β-lactam (4-membered cyclic amide) rings is 1. The zero-order valence-corrected chi connectivity index (χ0v) is 10.4. The van der Waals surface area contributed by atoms with Crippen LogP contribution in [0.4, 0.5) is 0 Å². The highest BCUT2D eigenvalue weighted by molar-refractivity contribution is 7.84. The standard InChI is InChI=1S/C12H13NO4S/c14-10-6-11(13(10)7-12(15)16)18(17)8-9-4-2-1-3-5-9/h1-5,11H,6-8H2,(H,15,16)/p-1. The summed E-state index contributed by atoms with van der Waals surface area (Å²) in [7, 11) is -1.28. The number of carboxylic acid groups (broad SMARTS) is 1. The molecular weight excluding hydrogens is 254 g/mol. The summed E-state index contributed by atoms with van der Waals surface area (Å²) in [4.78, 5) is 22.8. The van der Waals surface area contributed by atoms with Gasteiger partial charge < -0.3 is 14.8 Å². The van der Waals surface area contributed by atoms with E-state index < -0.39 is 28.7 Å². The maximum Gasteiger partial charge on any atom is 0.226 e. The molecule has 1 aromatic carbocycles. The van der Waals surface area contributed by atoms with Crippen LogP contribution < -0.4 is 5.11 Å². The molecule has 0 radical (unpaired) electrons. The summed E-state index contributed by atoms with van der Waals surface area (Å²) in [6.07, 6.45) is 0.146. The fourth-order valence-electron chi connectivity index (χ4n) is 1.82. The number of likely N-dealkylation sites (tertiary alicyclic amines) is 1. The number of carbonyl (C=O) groups is 2. The minimum absolute atomic E-state index is 0.146. The Labute approximate surface area is 107 Å². The summed E-state index contributed by atoms with van der Waals surface area (Å²) in [5.74, 6) is -1.29. The Hall–Kier alpha value is -1.69. The van der Waals surface area contributed by atoms with Gasteiger partial charge in [-0.1, -0.05) is 30.3 Å². The van der Waals surface area contributed by atoms with Crippen molar-refractivity contribution in [1.29, 1.82) is 0 Å². The van der Waals surface area contributed by atoms with Crippen molar-refractivity contribution in [1.82, 2.24) is 4.90 Å². The third kappa shape index (κ3) is 2.76. The maximum absolute atomic E-state index is 12.0. The van der Waals surface area contributed by atoms with Gasteiger partial charge in [0, 0.05) is 10.8 Å². The highest BCUT2D eigenvalue weighted by atomic mass is 32.2. The smallest absolute Gasteiger partial charge is 0.226 e. The van der Waals surface area contributed by atoms with E-state index in [0.717, 1.165) is 10.5 Å². The van der Waals surface area contributed by atoms with Gasteiger partial charge in [0.05, 0.1) is 24.7 Å². The third-order valence-electron chi connectivity index (χ3n) is 2.77. The molecule has 2 atom stereocenters. The van der Waals surface area contributed by atoms with Crippen molar-refractivity contribution in [3.05, 3.63) is 35.9 Å². The summed E-state index contributed by atoms with van der Waals surface area (Å²) in [5.41, 5.74) is 0.906. The van der Waals surface area contributed by atoms with Crippen LogP contribution in [0, 0.1) is 0 Å². The number of aliphatic carboxylic acids is 1. The molecule has 1 aromatic rings. The number of benzene rings is 1. The molecule has 1 amide bonds. The molecule has 1 fully saturated rings. The first-order valence-corrected chi connectivity index (χ1v) is 6.86. The summed E-state index contributed by atoms with van der Waals surface area (Å²) >= 11 is 0. The lowest BCUT2D eigenvalue weighted by Gasteiger charge is -2.39. The van der Waals surface area contributed by atoms with Gasteiger partial charge in [-0.15, -0.1) is 0 Å². The van der Waals surface area contributed by atoms with E-state index in [0.29, 0.717) is 5.75 Å². The quantitative estimate of drug-likeness (QED) is 0.657. The van der Waals surface area contributed by atoms with E-state index in [2.05, 4.69) is 0 Å². The van der Waals surface area contributed by atoms with Crippen LogP contribution in [-0.2, 0) is 26.1 Å². The Kier molecular flexibility index (Phi) is 3.76. The average molecular weight is 266 g/mol. The molecular formula is C12H12NO4S-.